The number of fused-ring (bicyclic) bond motifs is 1. The summed E-state index contributed by atoms with van der Waals surface area (Å²) >= 11 is 0. The zero-order valence-corrected chi connectivity index (χ0v) is 11.8. The average molecular weight is 275 g/mol. The number of nitrogens with one attached hydrogen (secondary N) is 1. The summed E-state index contributed by atoms with van der Waals surface area (Å²) in [6, 6.07) is 6.22. The van der Waals surface area contributed by atoms with Crippen molar-refractivity contribution in [2.75, 3.05) is 26.7 Å². The molecule has 1 N–H and O–H groups in total. The quantitative estimate of drug-likeness (QED) is 0.865. The lowest BCUT2D eigenvalue weighted by atomic mass is 10.1. The molecular weight excluding hydrogens is 254 g/mol. The Morgan fingerprint density at radius 2 is 2.20 bits per heavy atom. The van der Waals surface area contributed by atoms with Crippen molar-refractivity contribution in [2.24, 2.45) is 0 Å². The molecule has 108 valence electrons. The molecule has 6 heteroatoms. The second-order valence-corrected chi connectivity index (χ2v) is 5.40. The van der Waals surface area contributed by atoms with Gasteiger partial charge in [-0.25, -0.2) is 9.48 Å². The summed E-state index contributed by atoms with van der Waals surface area (Å²) in [6.07, 6.45) is 4.12. The second kappa shape index (κ2) is 5.76. The Balaban J connectivity index is 1.67. The number of hydrogen-bond donors (Lipinski definition) is 1. The van der Waals surface area contributed by atoms with Crippen molar-refractivity contribution in [3.63, 3.8) is 0 Å². The fourth-order valence-corrected chi connectivity index (χ4v) is 2.80. The Morgan fingerprint density at radius 1 is 1.40 bits per heavy atom. The van der Waals surface area contributed by atoms with Gasteiger partial charge in [-0.2, -0.15) is 0 Å². The van der Waals surface area contributed by atoms with E-state index in [0.29, 0.717) is 18.2 Å². The Labute approximate surface area is 118 Å². The lowest BCUT2D eigenvalue weighted by molar-refractivity contribution is 0.190. The molecule has 0 amide bonds. The van der Waals surface area contributed by atoms with E-state index in [9.17, 15) is 4.79 Å². The van der Waals surface area contributed by atoms with Gasteiger partial charge in [-0.3, -0.25) is 4.40 Å². The molecule has 0 atom stereocenters. The highest BCUT2D eigenvalue weighted by molar-refractivity contribution is 5.35. The zero-order chi connectivity index (χ0) is 13.9. The first-order chi connectivity index (χ1) is 9.75. The molecule has 1 saturated heterocycles. The van der Waals surface area contributed by atoms with Crippen LogP contribution in [-0.4, -0.2) is 51.8 Å². The van der Waals surface area contributed by atoms with Gasteiger partial charge in [0.25, 0.3) is 0 Å². The lowest BCUT2D eigenvalue weighted by Gasteiger charge is -2.31. The highest BCUT2D eigenvalue weighted by atomic mass is 16.2. The molecule has 2 aromatic rings. The van der Waals surface area contributed by atoms with E-state index in [-0.39, 0.29) is 5.69 Å². The van der Waals surface area contributed by atoms with Gasteiger partial charge in [0.15, 0.2) is 5.65 Å². The van der Waals surface area contributed by atoms with Crippen LogP contribution in [0.25, 0.3) is 5.65 Å². The molecule has 0 radical (unpaired) electrons. The van der Waals surface area contributed by atoms with Gasteiger partial charge >= 0.3 is 5.69 Å². The summed E-state index contributed by atoms with van der Waals surface area (Å²) < 4.78 is 3.15. The number of nitrogens with zero attached hydrogens (tertiary/aromatic N) is 4. The van der Waals surface area contributed by atoms with Crippen LogP contribution in [-0.2, 0) is 6.54 Å². The minimum Gasteiger partial charge on any atom is -0.317 e. The summed E-state index contributed by atoms with van der Waals surface area (Å²) in [4.78, 5) is 14.5. The molecule has 1 aliphatic heterocycles. The Morgan fingerprint density at radius 3 is 2.95 bits per heavy atom. The van der Waals surface area contributed by atoms with Crippen LogP contribution in [0.4, 0.5) is 0 Å². The third-order valence-electron chi connectivity index (χ3n) is 4.08. The first kappa shape index (κ1) is 13.3. The molecule has 2 aromatic heterocycles. The van der Waals surface area contributed by atoms with Crippen LogP contribution in [0.5, 0.6) is 0 Å². The number of likely N-dealkylation sites (N-methyl/N-ethyl adjacent to an activating group) is 1. The molecule has 3 heterocycles. The van der Waals surface area contributed by atoms with E-state index in [1.54, 1.807) is 15.3 Å². The molecule has 6 nitrogen and oxygen atoms in total. The van der Waals surface area contributed by atoms with Crippen LogP contribution in [0.15, 0.2) is 29.2 Å². The minimum absolute atomic E-state index is 0.0562. The van der Waals surface area contributed by atoms with Crippen LogP contribution < -0.4 is 11.0 Å². The molecule has 0 bridgehead atoms. The fraction of sp³-hybridized carbons (Fsp3) is 0.571. The topological polar surface area (TPSA) is 54.6 Å². The molecule has 3 rings (SSSR count). The maximum atomic E-state index is 12.2. The third-order valence-corrected chi connectivity index (χ3v) is 4.08. The van der Waals surface area contributed by atoms with Gasteiger partial charge in [0, 0.05) is 18.8 Å². The highest BCUT2D eigenvalue weighted by Crippen LogP contribution is 2.09. The number of pyridine rings is 1. The first-order valence-corrected chi connectivity index (χ1v) is 7.21. The summed E-state index contributed by atoms with van der Waals surface area (Å²) in [5.41, 5.74) is 0.654. The van der Waals surface area contributed by atoms with Crippen LogP contribution in [0.1, 0.15) is 12.8 Å². The van der Waals surface area contributed by atoms with E-state index in [2.05, 4.69) is 22.4 Å². The largest absolute Gasteiger partial charge is 0.350 e. The maximum Gasteiger partial charge on any atom is 0.350 e. The molecule has 0 spiro atoms. The summed E-state index contributed by atoms with van der Waals surface area (Å²) in [7, 11) is 2.14. The molecular formula is C14H21N5O. The van der Waals surface area contributed by atoms with E-state index in [0.717, 1.165) is 19.6 Å². The maximum absolute atomic E-state index is 12.2. The van der Waals surface area contributed by atoms with Gasteiger partial charge < -0.3 is 10.2 Å². The molecule has 0 unspecified atom stereocenters. The zero-order valence-electron chi connectivity index (χ0n) is 11.8. The lowest BCUT2D eigenvalue weighted by Crippen LogP contribution is -2.42. The van der Waals surface area contributed by atoms with Crippen LogP contribution >= 0.6 is 0 Å². The predicted octanol–water partition coefficient (Wildman–Crippen LogP) is 0.180. The van der Waals surface area contributed by atoms with Crippen molar-refractivity contribution < 1.29 is 0 Å². The minimum atomic E-state index is -0.0562. The van der Waals surface area contributed by atoms with Gasteiger partial charge in [-0.15, -0.1) is 5.10 Å². The van der Waals surface area contributed by atoms with E-state index in [4.69, 9.17) is 0 Å². The summed E-state index contributed by atoms with van der Waals surface area (Å²) in [5.74, 6) is 0. The van der Waals surface area contributed by atoms with Crippen molar-refractivity contribution in [3.8, 4) is 0 Å². The standard InChI is InChI=1S/C14H21N5O/c1-17(12-5-7-15-8-6-12)10-11-19-14(20)18-9-3-2-4-13(18)16-19/h2-4,9,12,15H,5-8,10-11H2,1H3. The predicted molar refractivity (Wildman–Crippen MR) is 78.0 cm³/mol. The van der Waals surface area contributed by atoms with E-state index < -0.39 is 0 Å². The Hall–Kier alpha value is -1.66. The van der Waals surface area contributed by atoms with E-state index >= 15 is 0 Å². The number of hydrogen-bond acceptors (Lipinski definition) is 4. The highest BCUT2D eigenvalue weighted by Gasteiger charge is 2.17. The molecule has 1 aliphatic rings. The smallest absolute Gasteiger partial charge is 0.317 e. The van der Waals surface area contributed by atoms with Crippen molar-refractivity contribution in [1.29, 1.82) is 0 Å². The normalized spacial score (nSPS) is 17.1. The molecule has 0 saturated carbocycles. The third kappa shape index (κ3) is 2.62. The number of piperidine rings is 1. The number of rotatable bonds is 4. The molecule has 1 fully saturated rings. The van der Waals surface area contributed by atoms with E-state index in [1.165, 1.54) is 12.8 Å². The molecule has 20 heavy (non-hydrogen) atoms. The Kier molecular flexibility index (Phi) is 3.84. The molecule has 0 aromatic carbocycles. The first-order valence-electron chi connectivity index (χ1n) is 7.21. The van der Waals surface area contributed by atoms with Gasteiger partial charge in [0.2, 0.25) is 0 Å². The van der Waals surface area contributed by atoms with Gasteiger partial charge in [-0.05, 0) is 45.1 Å². The summed E-state index contributed by atoms with van der Waals surface area (Å²) in [5, 5.41) is 7.73. The van der Waals surface area contributed by atoms with Crippen LogP contribution in [0, 0.1) is 0 Å². The summed E-state index contributed by atoms with van der Waals surface area (Å²) in [6.45, 7) is 3.67. The monoisotopic (exact) mass is 275 g/mol. The van der Waals surface area contributed by atoms with Crippen molar-refractivity contribution >= 4 is 5.65 Å². The second-order valence-electron chi connectivity index (χ2n) is 5.40. The van der Waals surface area contributed by atoms with Crippen molar-refractivity contribution in [1.82, 2.24) is 24.4 Å². The SMILES string of the molecule is CN(CCn1nc2ccccn2c1=O)C1CCNCC1. The van der Waals surface area contributed by atoms with Crippen molar-refractivity contribution in [2.45, 2.75) is 25.4 Å². The Bertz CT molecular complexity index is 626. The van der Waals surface area contributed by atoms with Crippen LogP contribution in [0.2, 0.25) is 0 Å². The van der Waals surface area contributed by atoms with Crippen LogP contribution in [0.3, 0.4) is 0 Å². The fourth-order valence-electron chi connectivity index (χ4n) is 2.80. The van der Waals surface area contributed by atoms with Gasteiger partial charge in [-0.1, -0.05) is 6.07 Å². The van der Waals surface area contributed by atoms with Gasteiger partial charge in [0.05, 0.1) is 6.54 Å². The average Bonchev–Trinajstić information content (AvgIpc) is 2.83. The number of aromatic nitrogens is 3. The van der Waals surface area contributed by atoms with Crippen molar-refractivity contribution in [3.05, 3.63) is 34.9 Å². The van der Waals surface area contributed by atoms with Gasteiger partial charge in [0.1, 0.15) is 0 Å². The van der Waals surface area contributed by atoms with E-state index in [1.807, 2.05) is 18.2 Å². The molecule has 0 aliphatic carbocycles.